The number of hydrogen-bond acceptors (Lipinski definition) is 1. The van der Waals surface area contributed by atoms with E-state index >= 15 is 0 Å². The minimum atomic E-state index is -0.0333. The molecule has 0 fully saturated rings. The zero-order valence-electron chi connectivity index (χ0n) is 32.9. The highest BCUT2D eigenvalue weighted by Gasteiger charge is 2.35. The zero-order chi connectivity index (χ0) is 38.7. The summed E-state index contributed by atoms with van der Waals surface area (Å²) < 4.78 is 2.37. The smallest absolute Gasteiger partial charge is 0.0534 e. The SMILES string of the molecule is Cc1c(C)n(-c2ccc(-c3ccc(N(c4ccc(-c5ccccc5)cc4)c4ccc(-c5ccc6c(c5)C(C)(C)c5ccccc5-6)cc4)cc3)cc2)c2ccccc12. The summed E-state index contributed by atoms with van der Waals surface area (Å²) in [7, 11) is 0. The lowest BCUT2D eigenvalue weighted by atomic mass is 9.81. The van der Waals surface area contributed by atoms with Gasteiger partial charge in [0.2, 0.25) is 0 Å². The largest absolute Gasteiger partial charge is 0.314 e. The molecule has 0 radical (unpaired) electrons. The Labute approximate surface area is 336 Å². The second kappa shape index (κ2) is 13.7. The maximum atomic E-state index is 2.40. The minimum Gasteiger partial charge on any atom is -0.314 e. The molecule has 0 amide bonds. The topological polar surface area (TPSA) is 8.17 Å². The molecule has 0 bridgehead atoms. The molecule has 0 spiro atoms. The number of para-hydroxylation sites is 1. The van der Waals surface area contributed by atoms with Crippen LogP contribution in [0.2, 0.25) is 0 Å². The van der Waals surface area contributed by atoms with Crippen LogP contribution in [0.4, 0.5) is 17.1 Å². The van der Waals surface area contributed by atoms with E-state index in [2.05, 4.69) is 231 Å². The molecular formula is C55H44N2. The molecule has 0 N–H and O–H groups in total. The van der Waals surface area contributed by atoms with Crippen LogP contribution in [0.25, 0.3) is 61.1 Å². The lowest BCUT2D eigenvalue weighted by Gasteiger charge is -2.26. The number of nitrogens with zero attached hydrogens (tertiary/aromatic N) is 2. The van der Waals surface area contributed by atoms with E-state index in [1.165, 1.54) is 83.5 Å². The van der Waals surface area contributed by atoms with Crippen molar-refractivity contribution in [3.05, 3.63) is 217 Å². The lowest BCUT2D eigenvalue weighted by molar-refractivity contribution is 0.660. The van der Waals surface area contributed by atoms with Crippen molar-refractivity contribution in [3.8, 4) is 50.2 Å². The molecule has 9 aromatic rings. The van der Waals surface area contributed by atoms with Gasteiger partial charge in [0.25, 0.3) is 0 Å². The molecule has 2 nitrogen and oxygen atoms in total. The summed E-state index contributed by atoms with van der Waals surface area (Å²) in [5.41, 5.74) is 21.1. The fourth-order valence-electron chi connectivity index (χ4n) is 9.04. The second-order valence-corrected chi connectivity index (χ2v) is 15.9. The van der Waals surface area contributed by atoms with Gasteiger partial charge in [-0.05, 0) is 136 Å². The first-order valence-electron chi connectivity index (χ1n) is 19.9. The Hall–Kier alpha value is -6.90. The normalized spacial score (nSPS) is 12.7. The summed E-state index contributed by atoms with van der Waals surface area (Å²) in [6.07, 6.45) is 0. The average Bonchev–Trinajstić information content (AvgIpc) is 3.66. The van der Waals surface area contributed by atoms with Crippen molar-refractivity contribution < 1.29 is 0 Å². The van der Waals surface area contributed by atoms with Crippen molar-refractivity contribution in [2.45, 2.75) is 33.1 Å². The molecule has 1 aromatic heterocycles. The molecule has 0 saturated carbocycles. The Morgan fingerprint density at radius 1 is 0.404 bits per heavy atom. The highest BCUT2D eigenvalue weighted by atomic mass is 15.1. The minimum absolute atomic E-state index is 0.0333. The summed E-state index contributed by atoms with van der Waals surface area (Å²) in [6.45, 7) is 9.12. The highest BCUT2D eigenvalue weighted by Crippen LogP contribution is 2.49. The van der Waals surface area contributed by atoms with Crippen molar-refractivity contribution in [2.24, 2.45) is 0 Å². The summed E-state index contributed by atoms with van der Waals surface area (Å²) in [6, 6.07) is 71.0. The first-order valence-corrected chi connectivity index (χ1v) is 19.9. The molecule has 57 heavy (non-hydrogen) atoms. The number of aromatic nitrogens is 1. The van der Waals surface area contributed by atoms with Gasteiger partial charge in [-0.15, -0.1) is 0 Å². The van der Waals surface area contributed by atoms with Crippen molar-refractivity contribution in [2.75, 3.05) is 4.90 Å². The summed E-state index contributed by atoms with van der Waals surface area (Å²) in [4.78, 5) is 2.36. The Kier molecular flexibility index (Phi) is 8.30. The first kappa shape index (κ1) is 34.6. The molecule has 1 aliphatic carbocycles. The van der Waals surface area contributed by atoms with Crippen LogP contribution < -0.4 is 4.90 Å². The van der Waals surface area contributed by atoms with Gasteiger partial charge in [-0.25, -0.2) is 0 Å². The van der Waals surface area contributed by atoms with Gasteiger partial charge in [0, 0.05) is 39.2 Å². The average molecular weight is 733 g/mol. The van der Waals surface area contributed by atoms with E-state index in [4.69, 9.17) is 0 Å². The Balaban J connectivity index is 0.980. The van der Waals surface area contributed by atoms with Gasteiger partial charge in [-0.3, -0.25) is 0 Å². The summed E-state index contributed by atoms with van der Waals surface area (Å²) in [5, 5.41) is 1.31. The first-order chi connectivity index (χ1) is 27.8. The van der Waals surface area contributed by atoms with E-state index < -0.39 is 0 Å². The van der Waals surface area contributed by atoms with Crippen molar-refractivity contribution in [1.82, 2.24) is 4.57 Å². The standard InChI is InChI=1S/C55H44N2/c1-37-38(2)56(54-17-11-9-14-49(37)54)45-27-18-41(19-28-45)42-22-31-47(32-23-42)57(46-29-20-40(21-30-46)39-12-6-5-7-13-39)48-33-24-43(25-34-48)44-26-35-51-50-15-8-10-16-52(50)55(3,4)53(51)36-44/h5-36H,1-4H3. The molecule has 1 aliphatic rings. The lowest BCUT2D eigenvalue weighted by Crippen LogP contribution is -2.14. The Bertz CT molecular complexity index is 2890. The van der Waals surface area contributed by atoms with Crippen LogP contribution in [0.1, 0.15) is 36.2 Å². The summed E-state index contributed by atoms with van der Waals surface area (Å²) in [5.74, 6) is 0. The highest BCUT2D eigenvalue weighted by molar-refractivity contribution is 5.88. The van der Waals surface area contributed by atoms with Gasteiger partial charge in [0.15, 0.2) is 0 Å². The number of fused-ring (bicyclic) bond motifs is 4. The molecule has 0 aliphatic heterocycles. The van der Waals surface area contributed by atoms with Crippen molar-refractivity contribution in [3.63, 3.8) is 0 Å². The third kappa shape index (κ3) is 5.88. The predicted octanol–water partition coefficient (Wildman–Crippen LogP) is 15.0. The van der Waals surface area contributed by atoms with Gasteiger partial charge in [-0.2, -0.15) is 0 Å². The van der Waals surface area contributed by atoms with E-state index in [1.807, 2.05) is 0 Å². The van der Waals surface area contributed by atoms with Crippen LogP contribution in [0.5, 0.6) is 0 Å². The van der Waals surface area contributed by atoms with Crippen LogP contribution in [-0.4, -0.2) is 4.57 Å². The fraction of sp³-hybridized carbons (Fsp3) is 0.0909. The molecular weight excluding hydrogens is 689 g/mol. The quantitative estimate of drug-likeness (QED) is 0.158. The Morgan fingerprint density at radius 3 is 1.47 bits per heavy atom. The van der Waals surface area contributed by atoms with Crippen LogP contribution in [-0.2, 0) is 5.41 Å². The molecule has 1 heterocycles. The van der Waals surface area contributed by atoms with E-state index in [1.54, 1.807) is 0 Å². The third-order valence-corrected chi connectivity index (χ3v) is 12.3. The molecule has 2 heteroatoms. The molecule has 0 saturated heterocycles. The predicted molar refractivity (Wildman–Crippen MR) is 241 cm³/mol. The van der Waals surface area contributed by atoms with E-state index in [0.717, 1.165) is 17.1 Å². The zero-order valence-corrected chi connectivity index (χ0v) is 32.9. The monoisotopic (exact) mass is 732 g/mol. The molecule has 10 rings (SSSR count). The number of hydrogen-bond donors (Lipinski definition) is 0. The van der Waals surface area contributed by atoms with Crippen LogP contribution >= 0.6 is 0 Å². The van der Waals surface area contributed by atoms with E-state index in [0.29, 0.717) is 0 Å². The van der Waals surface area contributed by atoms with E-state index in [-0.39, 0.29) is 5.41 Å². The Morgan fingerprint density at radius 2 is 0.860 bits per heavy atom. The third-order valence-electron chi connectivity index (χ3n) is 12.3. The number of rotatable bonds is 7. The van der Waals surface area contributed by atoms with Crippen molar-refractivity contribution in [1.29, 1.82) is 0 Å². The van der Waals surface area contributed by atoms with Gasteiger partial charge in [0.1, 0.15) is 0 Å². The van der Waals surface area contributed by atoms with Gasteiger partial charge in [0.05, 0.1) is 5.52 Å². The van der Waals surface area contributed by atoms with Gasteiger partial charge >= 0.3 is 0 Å². The number of aryl methyl sites for hydroxylation is 1. The summed E-state index contributed by atoms with van der Waals surface area (Å²) >= 11 is 0. The van der Waals surface area contributed by atoms with Crippen LogP contribution in [0.3, 0.4) is 0 Å². The van der Waals surface area contributed by atoms with Gasteiger partial charge in [-0.1, -0.05) is 147 Å². The van der Waals surface area contributed by atoms with Gasteiger partial charge < -0.3 is 9.47 Å². The molecule has 0 unspecified atom stereocenters. The van der Waals surface area contributed by atoms with E-state index in [9.17, 15) is 0 Å². The molecule has 0 atom stereocenters. The molecule has 8 aromatic carbocycles. The fourth-order valence-corrected chi connectivity index (χ4v) is 9.04. The maximum Gasteiger partial charge on any atom is 0.0534 e. The van der Waals surface area contributed by atoms with Crippen LogP contribution in [0.15, 0.2) is 194 Å². The van der Waals surface area contributed by atoms with Crippen LogP contribution in [0, 0.1) is 13.8 Å². The molecule has 274 valence electrons. The number of anilines is 3. The second-order valence-electron chi connectivity index (χ2n) is 15.9. The maximum absolute atomic E-state index is 2.40. The van der Waals surface area contributed by atoms with Crippen molar-refractivity contribution >= 4 is 28.0 Å². The number of benzene rings is 8.